The Morgan fingerprint density at radius 2 is 1.74 bits per heavy atom. The molecule has 0 N–H and O–H groups in total. The van der Waals surface area contributed by atoms with Crippen LogP contribution in [0.1, 0.15) is 57.9 Å². The Hall–Kier alpha value is -0.820. The second-order valence-corrected chi connectivity index (χ2v) is 5.83. The molecule has 1 aromatic carbocycles. The van der Waals surface area contributed by atoms with Crippen LogP contribution < -0.4 is 0 Å². The van der Waals surface area contributed by atoms with Crippen molar-refractivity contribution < 1.29 is 0 Å². The first-order valence-corrected chi connectivity index (χ1v) is 8.18. The summed E-state index contributed by atoms with van der Waals surface area (Å²) in [6, 6.07) is 8.53. The summed E-state index contributed by atoms with van der Waals surface area (Å²) in [4.78, 5) is 0. The molecule has 0 amide bonds. The topological polar surface area (TPSA) is 0 Å². The number of unbranched alkanes of at least 4 members (excludes halogenated alkanes) is 3. The van der Waals surface area contributed by atoms with E-state index in [1.807, 2.05) is 0 Å². The molecule has 0 radical (unpaired) electrons. The van der Waals surface area contributed by atoms with E-state index in [2.05, 4.69) is 72.3 Å². The molecule has 1 heteroatoms. The molecule has 0 aliphatic heterocycles. The van der Waals surface area contributed by atoms with E-state index >= 15 is 0 Å². The molecule has 1 aromatic rings. The minimum Gasteiger partial charge on any atom is -0.0843 e. The number of benzene rings is 1. The van der Waals surface area contributed by atoms with Gasteiger partial charge in [0.05, 0.1) is 0 Å². The predicted octanol–water partition coefficient (Wildman–Crippen LogP) is 6.77. The zero-order valence-corrected chi connectivity index (χ0v) is 13.7. The monoisotopic (exact) mass is 320 g/mol. The first kappa shape index (κ1) is 16.2. The van der Waals surface area contributed by atoms with E-state index < -0.39 is 0 Å². The van der Waals surface area contributed by atoms with Crippen molar-refractivity contribution in [3.05, 3.63) is 52.0 Å². The summed E-state index contributed by atoms with van der Waals surface area (Å²) >= 11 is 3.48. The van der Waals surface area contributed by atoms with Gasteiger partial charge in [-0.2, -0.15) is 0 Å². The average molecular weight is 321 g/mol. The highest BCUT2D eigenvalue weighted by molar-refractivity contribution is 9.10. The molecule has 0 saturated carbocycles. The van der Waals surface area contributed by atoms with Crippen LogP contribution in [0.15, 0.2) is 46.5 Å². The molecule has 0 unspecified atom stereocenters. The summed E-state index contributed by atoms with van der Waals surface area (Å²) in [7, 11) is 0. The minimum absolute atomic E-state index is 1.14. The summed E-state index contributed by atoms with van der Waals surface area (Å²) in [5.41, 5.74) is 2.73. The van der Waals surface area contributed by atoms with Crippen LogP contribution in [0.5, 0.6) is 0 Å². The molecule has 0 fully saturated rings. The molecule has 0 heterocycles. The van der Waals surface area contributed by atoms with Gasteiger partial charge in [-0.15, -0.1) is 0 Å². The van der Waals surface area contributed by atoms with Crippen molar-refractivity contribution in [2.75, 3.05) is 0 Å². The van der Waals surface area contributed by atoms with Crippen LogP contribution >= 0.6 is 15.9 Å². The van der Waals surface area contributed by atoms with Crippen LogP contribution in [0.4, 0.5) is 0 Å². The van der Waals surface area contributed by atoms with Crippen LogP contribution in [0.25, 0.3) is 6.08 Å². The lowest BCUT2D eigenvalue weighted by atomic mass is 10.0. The molecule has 0 aliphatic rings. The Morgan fingerprint density at radius 1 is 1.05 bits per heavy atom. The van der Waals surface area contributed by atoms with Gasteiger partial charge in [-0.25, -0.2) is 0 Å². The molecule has 0 spiro atoms. The average Bonchev–Trinajstić information content (AvgIpc) is 2.43. The van der Waals surface area contributed by atoms with Gasteiger partial charge in [0.1, 0.15) is 0 Å². The van der Waals surface area contributed by atoms with Gasteiger partial charge >= 0.3 is 0 Å². The molecule has 1 rings (SSSR count). The van der Waals surface area contributed by atoms with Gasteiger partial charge in [0.15, 0.2) is 0 Å². The second-order valence-electron chi connectivity index (χ2n) is 4.92. The standard InChI is InChI=1S/C18H25Br/c1-3-5-7-8-10-16(9-6-4-2)15-17-11-13-18(19)14-12-17/h8,10-15H,3-7,9H2,1-2H3. The Balaban J connectivity index is 2.71. The van der Waals surface area contributed by atoms with E-state index in [1.165, 1.54) is 49.7 Å². The van der Waals surface area contributed by atoms with Crippen molar-refractivity contribution in [3.8, 4) is 0 Å². The van der Waals surface area contributed by atoms with Crippen molar-refractivity contribution >= 4 is 22.0 Å². The summed E-state index contributed by atoms with van der Waals surface area (Å²) in [6.45, 7) is 4.49. The van der Waals surface area contributed by atoms with E-state index in [0.717, 1.165) is 4.47 Å². The predicted molar refractivity (Wildman–Crippen MR) is 90.3 cm³/mol. The van der Waals surface area contributed by atoms with Gasteiger partial charge in [0.2, 0.25) is 0 Å². The van der Waals surface area contributed by atoms with Crippen LogP contribution in [-0.2, 0) is 0 Å². The Morgan fingerprint density at radius 3 is 2.37 bits per heavy atom. The highest BCUT2D eigenvalue weighted by Crippen LogP contribution is 2.17. The lowest BCUT2D eigenvalue weighted by molar-refractivity contribution is 0.795. The lowest BCUT2D eigenvalue weighted by Crippen LogP contribution is -1.82. The maximum atomic E-state index is 3.48. The smallest absolute Gasteiger partial charge is 0.0175 e. The van der Waals surface area contributed by atoms with E-state index in [4.69, 9.17) is 0 Å². The van der Waals surface area contributed by atoms with Crippen LogP contribution in [-0.4, -0.2) is 0 Å². The molecule has 0 saturated heterocycles. The first-order chi connectivity index (χ1) is 9.26. The summed E-state index contributed by atoms with van der Waals surface area (Å²) in [5.74, 6) is 0. The minimum atomic E-state index is 1.14. The molecule has 0 atom stereocenters. The Labute approximate surface area is 126 Å². The maximum Gasteiger partial charge on any atom is 0.0175 e. The van der Waals surface area contributed by atoms with Crippen molar-refractivity contribution in [1.29, 1.82) is 0 Å². The number of hydrogen-bond acceptors (Lipinski definition) is 0. The third kappa shape index (κ3) is 7.37. The number of rotatable bonds is 8. The molecule has 0 aromatic heterocycles. The molecular formula is C18H25Br. The van der Waals surface area contributed by atoms with Gasteiger partial charge in [0.25, 0.3) is 0 Å². The zero-order chi connectivity index (χ0) is 13.9. The third-order valence-electron chi connectivity index (χ3n) is 3.10. The van der Waals surface area contributed by atoms with E-state index in [-0.39, 0.29) is 0 Å². The van der Waals surface area contributed by atoms with Gasteiger partial charge in [-0.1, -0.05) is 79.4 Å². The largest absolute Gasteiger partial charge is 0.0843 e. The summed E-state index contributed by atoms with van der Waals surface area (Å²) < 4.78 is 1.14. The van der Waals surface area contributed by atoms with Crippen molar-refractivity contribution in [1.82, 2.24) is 0 Å². The van der Waals surface area contributed by atoms with Crippen LogP contribution in [0.3, 0.4) is 0 Å². The van der Waals surface area contributed by atoms with Gasteiger partial charge < -0.3 is 0 Å². The highest BCUT2D eigenvalue weighted by Gasteiger charge is 1.95. The Bertz CT molecular complexity index is 398. The number of allylic oxidation sites excluding steroid dienone is 3. The first-order valence-electron chi connectivity index (χ1n) is 7.39. The van der Waals surface area contributed by atoms with Crippen LogP contribution in [0.2, 0.25) is 0 Å². The van der Waals surface area contributed by atoms with Gasteiger partial charge in [0, 0.05) is 4.47 Å². The van der Waals surface area contributed by atoms with Crippen molar-refractivity contribution in [2.24, 2.45) is 0 Å². The fourth-order valence-electron chi connectivity index (χ4n) is 1.91. The van der Waals surface area contributed by atoms with E-state index in [1.54, 1.807) is 0 Å². The SMILES string of the molecule is CCCCC=CC(=Cc1ccc(Br)cc1)CCCC. The fourth-order valence-corrected chi connectivity index (χ4v) is 2.18. The zero-order valence-electron chi connectivity index (χ0n) is 12.2. The Kier molecular flexibility index (Phi) is 8.57. The molecule has 104 valence electrons. The molecular weight excluding hydrogens is 296 g/mol. The van der Waals surface area contributed by atoms with E-state index in [0.29, 0.717) is 0 Å². The number of halogens is 1. The molecule has 0 nitrogen and oxygen atoms in total. The fraction of sp³-hybridized carbons (Fsp3) is 0.444. The van der Waals surface area contributed by atoms with Gasteiger partial charge in [-0.3, -0.25) is 0 Å². The van der Waals surface area contributed by atoms with Crippen molar-refractivity contribution in [3.63, 3.8) is 0 Å². The molecule has 0 aliphatic carbocycles. The molecule has 0 bridgehead atoms. The lowest BCUT2D eigenvalue weighted by Gasteiger charge is -2.02. The third-order valence-corrected chi connectivity index (χ3v) is 3.63. The quantitative estimate of drug-likeness (QED) is 0.366. The van der Waals surface area contributed by atoms with Crippen LogP contribution in [0, 0.1) is 0 Å². The van der Waals surface area contributed by atoms with Gasteiger partial charge in [-0.05, 0) is 42.5 Å². The van der Waals surface area contributed by atoms with E-state index in [9.17, 15) is 0 Å². The molecule has 19 heavy (non-hydrogen) atoms. The summed E-state index contributed by atoms with van der Waals surface area (Å²) in [6.07, 6.45) is 14.4. The maximum absolute atomic E-state index is 3.48. The number of hydrogen-bond donors (Lipinski definition) is 0. The normalized spacial score (nSPS) is 12.3. The summed E-state index contributed by atoms with van der Waals surface area (Å²) in [5, 5.41) is 0. The second kappa shape index (κ2) is 10.0. The highest BCUT2D eigenvalue weighted by atomic mass is 79.9. The van der Waals surface area contributed by atoms with Crippen molar-refractivity contribution in [2.45, 2.75) is 52.4 Å².